The summed E-state index contributed by atoms with van der Waals surface area (Å²) in [4.78, 5) is 19.0. The average molecular weight is 297 g/mol. The van der Waals surface area contributed by atoms with Crippen LogP contribution in [0.3, 0.4) is 0 Å². The van der Waals surface area contributed by atoms with Gasteiger partial charge in [-0.25, -0.2) is 4.98 Å². The van der Waals surface area contributed by atoms with Gasteiger partial charge in [0, 0.05) is 6.07 Å². The third-order valence-electron chi connectivity index (χ3n) is 4.25. The molecule has 0 bridgehead atoms. The predicted octanol–water partition coefficient (Wildman–Crippen LogP) is -0.0295. The van der Waals surface area contributed by atoms with Crippen LogP contribution in [-0.4, -0.2) is 37.0 Å². The zero-order chi connectivity index (χ0) is 15.2. The largest absolute Gasteiger partial charge is 0.331 e. The molecule has 1 fully saturated rings. The molecule has 114 valence electrons. The highest BCUT2D eigenvalue weighted by atomic mass is 16.2. The first kappa shape index (κ1) is 14.7. The van der Waals surface area contributed by atoms with E-state index in [1.807, 2.05) is 47.5 Å². The topological polar surface area (TPSA) is 38.9 Å². The lowest BCUT2D eigenvalue weighted by Gasteiger charge is -2.32. The number of benzene rings is 1. The number of aromatic nitrogens is 1. The summed E-state index contributed by atoms with van der Waals surface area (Å²) in [5.41, 5.74) is 2.42. The molecule has 4 nitrogen and oxygen atoms in total. The number of hydrogen-bond acceptors (Lipinski definition) is 1. The van der Waals surface area contributed by atoms with E-state index in [4.69, 9.17) is 0 Å². The summed E-state index contributed by atoms with van der Waals surface area (Å²) in [5.74, 6) is 0.248. The minimum absolute atomic E-state index is 0.248. The number of nitrogens with one attached hydrogen (secondary N) is 2. The Morgan fingerprint density at radius 3 is 2.45 bits per heavy atom. The van der Waals surface area contributed by atoms with Gasteiger partial charge in [-0.2, -0.15) is 0 Å². The molecule has 1 aliphatic rings. The molecule has 3 rings (SSSR count). The molecule has 1 aromatic heterocycles. The van der Waals surface area contributed by atoms with Crippen molar-refractivity contribution in [3.63, 3.8) is 0 Å². The van der Waals surface area contributed by atoms with Gasteiger partial charge < -0.3 is 9.80 Å². The van der Waals surface area contributed by atoms with Gasteiger partial charge in [0.25, 0.3) is 0 Å². The molecular formula is C18H23N3O+2. The number of pyridine rings is 1. The number of H-pyrrole nitrogens is 1. The number of hydrogen-bond donors (Lipinski definition) is 1. The van der Waals surface area contributed by atoms with Crippen LogP contribution < -0.4 is 9.88 Å². The van der Waals surface area contributed by atoms with Gasteiger partial charge in [0.2, 0.25) is 5.91 Å². The van der Waals surface area contributed by atoms with Crippen LogP contribution in [0.25, 0.3) is 0 Å². The summed E-state index contributed by atoms with van der Waals surface area (Å²) in [6, 6.07) is 14.2. The van der Waals surface area contributed by atoms with Crippen molar-refractivity contribution >= 4 is 5.91 Å². The molecule has 1 aliphatic heterocycles. The maximum atomic E-state index is 12.3. The molecule has 2 heterocycles. The quantitative estimate of drug-likeness (QED) is 0.846. The third kappa shape index (κ3) is 3.92. The second kappa shape index (κ2) is 7.18. The van der Waals surface area contributed by atoms with Crippen LogP contribution >= 0.6 is 0 Å². The molecule has 0 spiro atoms. The minimum Gasteiger partial charge on any atom is -0.331 e. The lowest BCUT2D eigenvalue weighted by atomic mass is 10.1. The van der Waals surface area contributed by atoms with Gasteiger partial charge in [-0.3, -0.25) is 4.79 Å². The van der Waals surface area contributed by atoms with Gasteiger partial charge in [0.05, 0.1) is 38.2 Å². The molecule has 1 saturated heterocycles. The van der Waals surface area contributed by atoms with Crippen LogP contribution in [0.2, 0.25) is 0 Å². The Bertz CT molecular complexity index is 592. The lowest BCUT2D eigenvalue weighted by Crippen LogP contribution is -3.13. The maximum absolute atomic E-state index is 12.3. The van der Waals surface area contributed by atoms with Crippen LogP contribution in [0.5, 0.6) is 0 Å². The van der Waals surface area contributed by atoms with E-state index in [1.54, 1.807) is 4.90 Å². The van der Waals surface area contributed by atoms with Crippen molar-refractivity contribution in [3.05, 3.63) is 66.0 Å². The van der Waals surface area contributed by atoms with Crippen LogP contribution in [0.15, 0.2) is 54.9 Å². The molecule has 22 heavy (non-hydrogen) atoms. The van der Waals surface area contributed by atoms with Crippen molar-refractivity contribution in [3.8, 4) is 0 Å². The van der Waals surface area contributed by atoms with Crippen LogP contribution in [-0.2, 0) is 17.8 Å². The monoisotopic (exact) mass is 297 g/mol. The van der Waals surface area contributed by atoms with E-state index in [1.165, 1.54) is 5.56 Å². The lowest BCUT2D eigenvalue weighted by molar-refractivity contribution is -0.917. The zero-order valence-electron chi connectivity index (χ0n) is 12.8. The number of amides is 1. The summed E-state index contributed by atoms with van der Waals surface area (Å²) in [6.07, 6.45) is 4.50. The van der Waals surface area contributed by atoms with Gasteiger partial charge in [0.15, 0.2) is 12.4 Å². The van der Waals surface area contributed by atoms with Crippen molar-refractivity contribution in [1.82, 2.24) is 4.90 Å². The van der Waals surface area contributed by atoms with E-state index in [2.05, 4.69) is 17.2 Å². The highest BCUT2D eigenvalue weighted by molar-refractivity contribution is 5.78. The van der Waals surface area contributed by atoms with Gasteiger partial charge in [-0.05, 0) is 11.6 Å². The van der Waals surface area contributed by atoms with Crippen LogP contribution in [0.1, 0.15) is 11.1 Å². The Kier molecular flexibility index (Phi) is 4.81. The number of aromatic amines is 1. The fourth-order valence-electron chi connectivity index (χ4n) is 2.96. The van der Waals surface area contributed by atoms with Gasteiger partial charge >= 0.3 is 0 Å². The number of nitrogens with zero attached hydrogens (tertiary/aromatic N) is 1. The molecule has 1 amide bonds. The van der Waals surface area contributed by atoms with Gasteiger partial charge in [-0.1, -0.05) is 30.3 Å². The molecular weight excluding hydrogens is 274 g/mol. The van der Waals surface area contributed by atoms with Crippen molar-refractivity contribution in [1.29, 1.82) is 0 Å². The highest BCUT2D eigenvalue weighted by Crippen LogP contribution is 2.03. The predicted molar refractivity (Wildman–Crippen MR) is 84.1 cm³/mol. The Hall–Kier alpha value is -2.20. The van der Waals surface area contributed by atoms with Crippen molar-refractivity contribution in [2.75, 3.05) is 26.2 Å². The van der Waals surface area contributed by atoms with Crippen LogP contribution in [0.4, 0.5) is 0 Å². The standard InChI is InChI=1S/C18H21N3O/c22-18(13-16-5-2-1-3-6-16)21-11-9-20(10-12-21)15-17-7-4-8-19-14-17/h1-8,14H,9-13,15H2/p+2. The van der Waals surface area contributed by atoms with Gasteiger partial charge in [-0.15, -0.1) is 0 Å². The number of carbonyl (C=O) groups is 1. The Morgan fingerprint density at radius 1 is 1.05 bits per heavy atom. The zero-order valence-corrected chi connectivity index (χ0v) is 12.8. The van der Waals surface area contributed by atoms with E-state index in [-0.39, 0.29) is 5.91 Å². The molecule has 4 heteroatoms. The van der Waals surface area contributed by atoms with E-state index in [9.17, 15) is 4.79 Å². The highest BCUT2D eigenvalue weighted by Gasteiger charge is 2.23. The van der Waals surface area contributed by atoms with Crippen molar-refractivity contribution < 1.29 is 14.7 Å². The molecule has 0 atom stereocenters. The first-order valence-corrected chi connectivity index (χ1v) is 7.91. The third-order valence-corrected chi connectivity index (χ3v) is 4.25. The number of quaternary nitrogens is 1. The van der Waals surface area contributed by atoms with Crippen molar-refractivity contribution in [2.45, 2.75) is 13.0 Å². The smallest absolute Gasteiger partial charge is 0.227 e. The molecule has 0 aliphatic carbocycles. The molecule has 1 aromatic carbocycles. The average Bonchev–Trinajstić information content (AvgIpc) is 2.57. The molecule has 0 radical (unpaired) electrons. The normalized spacial score (nSPS) is 15.7. The second-order valence-corrected chi connectivity index (χ2v) is 5.88. The van der Waals surface area contributed by atoms with Crippen LogP contribution in [0, 0.1) is 0 Å². The fraction of sp³-hybridized carbons (Fsp3) is 0.333. The molecule has 0 saturated carbocycles. The van der Waals surface area contributed by atoms with Gasteiger partial charge in [0.1, 0.15) is 6.54 Å². The Morgan fingerprint density at radius 2 is 1.77 bits per heavy atom. The first-order valence-electron chi connectivity index (χ1n) is 7.91. The number of piperazine rings is 1. The van der Waals surface area contributed by atoms with Crippen molar-refractivity contribution in [2.24, 2.45) is 0 Å². The number of rotatable bonds is 4. The van der Waals surface area contributed by atoms with E-state index in [0.29, 0.717) is 6.42 Å². The Labute approximate surface area is 131 Å². The molecule has 0 unspecified atom stereocenters. The SMILES string of the molecule is O=C(Cc1ccccc1)N1CC[NH+](Cc2ccc[nH+]c2)CC1. The summed E-state index contributed by atoms with van der Waals surface area (Å²) in [6.45, 7) is 4.79. The summed E-state index contributed by atoms with van der Waals surface area (Å²) in [7, 11) is 0. The first-order chi connectivity index (χ1) is 10.8. The summed E-state index contributed by atoms with van der Waals surface area (Å²) in [5, 5.41) is 0. The minimum atomic E-state index is 0.248. The Balaban J connectivity index is 1.48. The van der Waals surface area contributed by atoms with E-state index < -0.39 is 0 Å². The number of carbonyl (C=O) groups excluding carboxylic acids is 1. The fourth-order valence-corrected chi connectivity index (χ4v) is 2.96. The molecule has 2 N–H and O–H groups in total. The second-order valence-electron chi connectivity index (χ2n) is 5.88. The van der Waals surface area contributed by atoms with E-state index >= 15 is 0 Å². The summed E-state index contributed by atoms with van der Waals surface area (Å²) >= 11 is 0. The maximum Gasteiger partial charge on any atom is 0.227 e. The molecule has 2 aromatic rings. The summed E-state index contributed by atoms with van der Waals surface area (Å²) < 4.78 is 0. The van der Waals surface area contributed by atoms with E-state index in [0.717, 1.165) is 38.3 Å².